The Balaban J connectivity index is 0.00000364. The van der Waals surface area contributed by atoms with E-state index in [2.05, 4.69) is 100 Å². The number of para-hydroxylation sites is 2. The van der Waals surface area contributed by atoms with Crippen LogP contribution in [0.5, 0.6) is 0 Å². The van der Waals surface area contributed by atoms with Gasteiger partial charge in [-0.2, -0.15) is 0 Å². The van der Waals surface area contributed by atoms with Crippen LogP contribution in [0.4, 0.5) is 0 Å². The largest absolute Gasteiger partial charge is 2.00 e. The first-order valence-corrected chi connectivity index (χ1v) is 15.9. The van der Waals surface area contributed by atoms with Crippen molar-refractivity contribution in [2.24, 2.45) is 0 Å². The van der Waals surface area contributed by atoms with E-state index in [4.69, 9.17) is 18.8 Å². The van der Waals surface area contributed by atoms with Gasteiger partial charge in [0.05, 0.1) is 11.2 Å². The molecule has 0 aliphatic heterocycles. The van der Waals surface area contributed by atoms with Crippen molar-refractivity contribution >= 4 is 43.9 Å². The van der Waals surface area contributed by atoms with Crippen LogP contribution in [0.1, 0.15) is 64.1 Å². The predicted octanol–water partition coefficient (Wildman–Crippen LogP) is 10.2. The Morgan fingerprint density at radius 1 is 0.542 bits per heavy atom. The van der Waals surface area contributed by atoms with Gasteiger partial charge in [-0.1, -0.05) is 112 Å². The smallest absolute Gasteiger partial charge is 0.501 e. The third-order valence-electron chi connectivity index (χ3n) is 8.69. The second kappa shape index (κ2) is 11.8. The van der Waals surface area contributed by atoms with Crippen molar-refractivity contribution in [1.82, 2.24) is 19.9 Å². The van der Waals surface area contributed by atoms with Crippen LogP contribution in [0.15, 0.2) is 94.3 Å². The third-order valence-corrected chi connectivity index (χ3v) is 8.69. The van der Waals surface area contributed by atoms with Gasteiger partial charge in [0.15, 0.2) is 0 Å². The number of nitrogens with zero attached hydrogens (tertiary/aromatic N) is 4. The minimum atomic E-state index is -0.135. The molecule has 0 saturated carbocycles. The zero-order chi connectivity index (χ0) is 32.5. The summed E-state index contributed by atoms with van der Waals surface area (Å²) >= 11 is 0. The second-order valence-corrected chi connectivity index (χ2v) is 14.3. The fourth-order valence-electron chi connectivity index (χ4n) is 6.21. The predicted molar refractivity (Wildman–Crippen MR) is 187 cm³/mol. The van der Waals surface area contributed by atoms with Crippen LogP contribution in [-0.2, 0) is 38.3 Å². The Kier molecular flexibility index (Phi) is 7.83. The molecule has 4 heterocycles. The van der Waals surface area contributed by atoms with Gasteiger partial charge in [-0.05, 0) is 29.9 Å². The van der Waals surface area contributed by atoms with Crippen LogP contribution in [0.3, 0.4) is 0 Å². The van der Waals surface area contributed by atoms with Gasteiger partial charge in [0.2, 0.25) is 0 Å². The van der Waals surface area contributed by atoms with E-state index in [-0.39, 0.29) is 31.9 Å². The van der Waals surface area contributed by atoms with Crippen molar-refractivity contribution in [2.75, 3.05) is 0 Å². The molecule has 0 spiro atoms. The first-order chi connectivity index (χ1) is 22.5. The maximum absolute atomic E-state index is 6.45. The van der Waals surface area contributed by atoms with Crippen LogP contribution < -0.4 is 0 Å². The molecule has 8 aromatic rings. The molecule has 0 atom stereocenters. The standard InChI is InChI=1S/C41H34N4O2.Pt/c1-40(2,3)36-20-32(42-22-44-36)30-18-24(16-28-26-11-7-9-13-34(26)46-38(28)30)15-25-17-29-27-12-8-10-14-35(27)47-39(29)31(19-25)33-21-37(41(4,5)6)45-23-43-33;/h7-14,16-17,20-23H,15H2,1-6H3;/q-2;+2. The normalized spacial score (nSPS) is 12.3. The molecule has 4 aromatic carbocycles. The zero-order valence-electron chi connectivity index (χ0n) is 27.7. The zero-order valence-corrected chi connectivity index (χ0v) is 30.0. The number of aromatic nitrogens is 4. The quantitative estimate of drug-likeness (QED) is 0.165. The summed E-state index contributed by atoms with van der Waals surface area (Å²) in [5.41, 5.74) is 10.1. The molecule has 0 aliphatic rings. The molecule has 0 amide bonds. The van der Waals surface area contributed by atoms with Gasteiger partial charge in [0.1, 0.15) is 23.8 Å². The number of fused-ring (bicyclic) bond motifs is 6. The fraction of sp³-hybridized carbons (Fsp3) is 0.220. The molecule has 48 heavy (non-hydrogen) atoms. The summed E-state index contributed by atoms with van der Waals surface area (Å²) in [6.45, 7) is 12.9. The molecule has 0 fully saturated rings. The Morgan fingerprint density at radius 3 is 1.38 bits per heavy atom. The molecule has 240 valence electrons. The van der Waals surface area contributed by atoms with E-state index in [0.29, 0.717) is 6.42 Å². The van der Waals surface area contributed by atoms with Crippen molar-refractivity contribution < 1.29 is 29.9 Å². The molecule has 4 aromatic heterocycles. The van der Waals surface area contributed by atoms with Crippen molar-refractivity contribution in [3.63, 3.8) is 0 Å². The van der Waals surface area contributed by atoms with Gasteiger partial charge in [-0.25, -0.2) is 9.97 Å². The number of hydrogen-bond acceptors (Lipinski definition) is 6. The number of rotatable bonds is 4. The van der Waals surface area contributed by atoms with Crippen LogP contribution in [-0.4, -0.2) is 19.9 Å². The van der Waals surface area contributed by atoms with Crippen molar-refractivity contribution in [3.8, 4) is 22.5 Å². The molecule has 7 heteroatoms. The first-order valence-electron chi connectivity index (χ1n) is 15.9. The minimum absolute atomic E-state index is 0. The SMILES string of the molecule is CC(C)(C)c1cc(-c2[c-]c(Cc3[c-]c(-c4cc(C(C)(C)C)ncn4)c4oc5ccccc5c4c3)cc3c2oc2ccccc23)ncn1.[Pt+2]. The van der Waals surface area contributed by atoms with Crippen LogP contribution >= 0.6 is 0 Å². The van der Waals surface area contributed by atoms with Gasteiger partial charge < -0.3 is 8.83 Å². The van der Waals surface area contributed by atoms with Crippen LogP contribution in [0.25, 0.3) is 66.4 Å². The van der Waals surface area contributed by atoms with Crippen molar-refractivity contribution in [1.29, 1.82) is 0 Å². The Hall–Kier alpha value is -4.67. The summed E-state index contributed by atoms with van der Waals surface area (Å²) in [6, 6.07) is 32.2. The maximum atomic E-state index is 6.45. The molecular formula is C41H34N4O2Pt. The molecule has 8 rings (SSSR count). The summed E-state index contributed by atoms with van der Waals surface area (Å²) in [6.07, 6.45) is 3.85. The van der Waals surface area contributed by atoms with Crippen LogP contribution in [0, 0.1) is 12.1 Å². The number of hydrogen-bond donors (Lipinski definition) is 0. The van der Waals surface area contributed by atoms with Gasteiger partial charge in [0.25, 0.3) is 0 Å². The molecule has 0 bridgehead atoms. The van der Waals surface area contributed by atoms with E-state index in [1.54, 1.807) is 12.7 Å². The average Bonchev–Trinajstić information content (AvgIpc) is 3.62. The topological polar surface area (TPSA) is 77.8 Å². The first kappa shape index (κ1) is 31.9. The Morgan fingerprint density at radius 2 is 0.958 bits per heavy atom. The summed E-state index contributed by atoms with van der Waals surface area (Å²) in [5, 5.41) is 4.17. The van der Waals surface area contributed by atoms with Crippen molar-refractivity contribution in [2.45, 2.75) is 58.8 Å². The van der Waals surface area contributed by atoms with Crippen LogP contribution in [0.2, 0.25) is 0 Å². The molecule has 0 N–H and O–H groups in total. The van der Waals surface area contributed by atoms with E-state index < -0.39 is 0 Å². The fourth-order valence-corrected chi connectivity index (χ4v) is 6.21. The van der Waals surface area contributed by atoms with Gasteiger partial charge >= 0.3 is 21.1 Å². The van der Waals surface area contributed by atoms with E-state index >= 15 is 0 Å². The summed E-state index contributed by atoms with van der Waals surface area (Å²) in [5.74, 6) is 0. The van der Waals surface area contributed by atoms with Crippen molar-refractivity contribution in [3.05, 3.63) is 120 Å². The van der Waals surface area contributed by atoms with E-state index in [0.717, 1.165) is 88.9 Å². The van der Waals surface area contributed by atoms with Gasteiger partial charge in [-0.3, -0.25) is 9.97 Å². The van der Waals surface area contributed by atoms with E-state index in [1.165, 1.54) is 0 Å². The molecule has 6 nitrogen and oxygen atoms in total. The summed E-state index contributed by atoms with van der Waals surface area (Å²) in [7, 11) is 0. The maximum Gasteiger partial charge on any atom is 2.00 e. The second-order valence-electron chi connectivity index (χ2n) is 14.3. The van der Waals surface area contributed by atoms with Gasteiger partial charge in [-0.15, -0.1) is 35.4 Å². The van der Waals surface area contributed by atoms with Gasteiger partial charge in [0, 0.05) is 33.0 Å². The van der Waals surface area contributed by atoms with E-state index in [9.17, 15) is 0 Å². The molecular weight excluding hydrogens is 776 g/mol. The molecule has 0 radical (unpaired) electrons. The summed E-state index contributed by atoms with van der Waals surface area (Å²) in [4.78, 5) is 18.6. The monoisotopic (exact) mass is 809 g/mol. The Labute approximate surface area is 293 Å². The third kappa shape index (κ3) is 5.62. The van der Waals surface area contributed by atoms with E-state index in [1.807, 2.05) is 36.4 Å². The minimum Gasteiger partial charge on any atom is -0.501 e. The Bertz CT molecular complexity index is 2310. The molecule has 0 unspecified atom stereocenters. The molecule has 0 aliphatic carbocycles. The molecule has 0 saturated heterocycles. The summed E-state index contributed by atoms with van der Waals surface area (Å²) < 4.78 is 12.9. The number of benzene rings is 4. The average molecular weight is 810 g/mol. The number of furan rings is 2.